The first-order valence-corrected chi connectivity index (χ1v) is 5.56. The molecule has 1 fully saturated rings. The van der Waals surface area contributed by atoms with Gasteiger partial charge in [-0.25, -0.2) is 4.39 Å². The van der Waals surface area contributed by atoms with Crippen LogP contribution < -0.4 is 0 Å². The van der Waals surface area contributed by atoms with Crippen LogP contribution in [0.3, 0.4) is 0 Å². The third kappa shape index (κ3) is 1.62. The summed E-state index contributed by atoms with van der Waals surface area (Å²) in [6.07, 6.45) is 2.44. The lowest BCUT2D eigenvalue weighted by atomic mass is 10.1. The summed E-state index contributed by atoms with van der Waals surface area (Å²) in [4.78, 5) is 0. The van der Waals surface area contributed by atoms with Crippen LogP contribution in [0.25, 0.3) is 11.3 Å². The van der Waals surface area contributed by atoms with Gasteiger partial charge in [0.2, 0.25) is 0 Å². The zero-order valence-electron chi connectivity index (χ0n) is 9.13. The molecule has 1 N–H and O–H groups in total. The van der Waals surface area contributed by atoms with Crippen LogP contribution >= 0.6 is 0 Å². The van der Waals surface area contributed by atoms with Gasteiger partial charge in [0.05, 0.1) is 5.69 Å². The Labute approximate surface area is 93.5 Å². The van der Waals surface area contributed by atoms with E-state index in [0.29, 0.717) is 17.2 Å². The number of aromatic amines is 1. The van der Waals surface area contributed by atoms with Crippen LogP contribution in [0.2, 0.25) is 0 Å². The minimum Gasteiger partial charge on any atom is -0.282 e. The highest BCUT2D eigenvalue weighted by atomic mass is 19.1. The van der Waals surface area contributed by atoms with Gasteiger partial charge >= 0.3 is 0 Å². The summed E-state index contributed by atoms with van der Waals surface area (Å²) in [5, 5.41) is 7.18. The lowest BCUT2D eigenvalue weighted by Gasteiger charge is -2.00. The molecule has 3 rings (SSSR count). The standard InChI is InChI=1S/C13H13FN2/c1-8-2-5-11(14)10(6-8)13-7-12(15-16-13)9-3-4-9/h2,5-7,9H,3-4H2,1H3,(H,15,16). The van der Waals surface area contributed by atoms with E-state index >= 15 is 0 Å². The van der Waals surface area contributed by atoms with E-state index in [0.717, 1.165) is 11.3 Å². The maximum Gasteiger partial charge on any atom is 0.132 e. The molecule has 0 spiro atoms. The van der Waals surface area contributed by atoms with Crippen molar-refractivity contribution >= 4 is 0 Å². The SMILES string of the molecule is Cc1ccc(F)c(-c2cc(C3CC3)[nH]n2)c1. The highest BCUT2D eigenvalue weighted by Crippen LogP contribution is 2.40. The van der Waals surface area contributed by atoms with Crippen molar-refractivity contribution in [2.75, 3.05) is 0 Å². The number of H-pyrrole nitrogens is 1. The van der Waals surface area contributed by atoms with Crippen LogP contribution in [0.1, 0.15) is 30.0 Å². The van der Waals surface area contributed by atoms with E-state index in [1.165, 1.54) is 18.9 Å². The van der Waals surface area contributed by atoms with Gasteiger partial charge in [-0.1, -0.05) is 11.6 Å². The highest BCUT2D eigenvalue weighted by Gasteiger charge is 2.25. The van der Waals surface area contributed by atoms with E-state index < -0.39 is 0 Å². The minimum atomic E-state index is -0.209. The summed E-state index contributed by atoms with van der Waals surface area (Å²) in [5.41, 5.74) is 3.48. The van der Waals surface area contributed by atoms with Gasteiger partial charge in [-0.05, 0) is 38.0 Å². The summed E-state index contributed by atoms with van der Waals surface area (Å²) < 4.78 is 13.6. The molecular formula is C13H13FN2. The number of benzene rings is 1. The average Bonchev–Trinajstić information content (AvgIpc) is 3.01. The minimum absolute atomic E-state index is 0.209. The molecule has 3 heteroatoms. The number of aromatic nitrogens is 2. The fraction of sp³-hybridized carbons (Fsp3) is 0.308. The van der Waals surface area contributed by atoms with Crippen LogP contribution in [0.4, 0.5) is 4.39 Å². The predicted molar refractivity (Wildman–Crippen MR) is 60.7 cm³/mol. The van der Waals surface area contributed by atoms with Crippen LogP contribution in [-0.4, -0.2) is 10.2 Å². The molecule has 0 bridgehead atoms. The van der Waals surface area contributed by atoms with Gasteiger partial charge in [0.25, 0.3) is 0 Å². The summed E-state index contributed by atoms with van der Waals surface area (Å²) in [5.74, 6) is 0.411. The van der Waals surface area contributed by atoms with Crippen molar-refractivity contribution in [1.82, 2.24) is 10.2 Å². The second kappa shape index (κ2) is 3.44. The Morgan fingerprint density at radius 2 is 2.12 bits per heavy atom. The zero-order chi connectivity index (χ0) is 11.1. The number of nitrogens with one attached hydrogen (secondary N) is 1. The molecule has 16 heavy (non-hydrogen) atoms. The lowest BCUT2D eigenvalue weighted by molar-refractivity contribution is 0.630. The van der Waals surface area contributed by atoms with Crippen molar-refractivity contribution in [2.24, 2.45) is 0 Å². The molecule has 2 aromatic rings. The second-order valence-electron chi connectivity index (χ2n) is 4.47. The molecule has 1 heterocycles. The number of nitrogens with zero attached hydrogens (tertiary/aromatic N) is 1. The number of aryl methyl sites for hydroxylation is 1. The summed E-state index contributed by atoms with van der Waals surface area (Å²) >= 11 is 0. The Bertz CT molecular complexity index is 526. The fourth-order valence-corrected chi connectivity index (χ4v) is 1.91. The summed E-state index contributed by atoms with van der Waals surface area (Å²) in [6, 6.07) is 7.07. The summed E-state index contributed by atoms with van der Waals surface area (Å²) in [6.45, 7) is 1.96. The Balaban J connectivity index is 2.03. The third-order valence-corrected chi connectivity index (χ3v) is 3.01. The van der Waals surface area contributed by atoms with Crippen LogP contribution in [0.5, 0.6) is 0 Å². The molecule has 0 radical (unpaired) electrons. The molecule has 2 nitrogen and oxygen atoms in total. The third-order valence-electron chi connectivity index (χ3n) is 3.01. The van der Waals surface area contributed by atoms with Crippen LogP contribution in [0, 0.1) is 12.7 Å². The molecule has 1 saturated carbocycles. The van der Waals surface area contributed by atoms with Gasteiger partial charge in [-0.15, -0.1) is 0 Å². The van der Waals surface area contributed by atoms with Crippen molar-refractivity contribution < 1.29 is 4.39 Å². The van der Waals surface area contributed by atoms with Crippen LogP contribution in [0.15, 0.2) is 24.3 Å². The van der Waals surface area contributed by atoms with E-state index in [-0.39, 0.29) is 5.82 Å². The molecule has 0 unspecified atom stereocenters. The van der Waals surface area contributed by atoms with E-state index in [9.17, 15) is 4.39 Å². The molecule has 0 atom stereocenters. The van der Waals surface area contributed by atoms with E-state index in [2.05, 4.69) is 10.2 Å². The molecule has 1 aliphatic carbocycles. The van der Waals surface area contributed by atoms with Gasteiger partial charge in [0, 0.05) is 17.2 Å². The number of hydrogen-bond acceptors (Lipinski definition) is 1. The van der Waals surface area contributed by atoms with E-state index in [1.54, 1.807) is 6.07 Å². The molecule has 1 aromatic carbocycles. The Hall–Kier alpha value is -1.64. The van der Waals surface area contributed by atoms with Crippen molar-refractivity contribution in [3.05, 3.63) is 41.3 Å². The van der Waals surface area contributed by atoms with Gasteiger partial charge in [-0.3, -0.25) is 5.10 Å². The first-order chi connectivity index (χ1) is 7.74. The average molecular weight is 216 g/mol. The highest BCUT2D eigenvalue weighted by molar-refractivity contribution is 5.61. The molecule has 0 aliphatic heterocycles. The number of halogens is 1. The Morgan fingerprint density at radius 3 is 2.88 bits per heavy atom. The lowest BCUT2D eigenvalue weighted by Crippen LogP contribution is -1.85. The maximum atomic E-state index is 13.6. The first kappa shape index (κ1) is 9.58. The molecule has 0 saturated heterocycles. The van der Waals surface area contributed by atoms with Gasteiger partial charge in [0.1, 0.15) is 5.82 Å². The Morgan fingerprint density at radius 1 is 1.31 bits per heavy atom. The quantitative estimate of drug-likeness (QED) is 0.818. The number of rotatable bonds is 2. The van der Waals surface area contributed by atoms with E-state index in [4.69, 9.17) is 0 Å². The zero-order valence-corrected chi connectivity index (χ0v) is 9.13. The normalized spacial score (nSPS) is 15.4. The van der Waals surface area contributed by atoms with Crippen molar-refractivity contribution in [3.63, 3.8) is 0 Å². The van der Waals surface area contributed by atoms with Gasteiger partial charge in [-0.2, -0.15) is 5.10 Å². The fourth-order valence-electron chi connectivity index (χ4n) is 1.91. The molecular weight excluding hydrogens is 203 g/mol. The number of hydrogen-bond donors (Lipinski definition) is 1. The second-order valence-corrected chi connectivity index (χ2v) is 4.47. The van der Waals surface area contributed by atoms with Crippen molar-refractivity contribution in [1.29, 1.82) is 0 Å². The molecule has 82 valence electrons. The van der Waals surface area contributed by atoms with Gasteiger partial charge < -0.3 is 0 Å². The monoisotopic (exact) mass is 216 g/mol. The maximum absolute atomic E-state index is 13.6. The predicted octanol–water partition coefficient (Wildman–Crippen LogP) is 3.40. The van der Waals surface area contributed by atoms with E-state index in [1.807, 2.05) is 19.1 Å². The van der Waals surface area contributed by atoms with Crippen molar-refractivity contribution in [3.8, 4) is 11.3 Å². The molecule has 0 amide bonds. The summed E-state index contributed by atoms with van der Waals surface area (Å²) in [7, 11) is 0. The topological polar surface area (TPSA) is 28.7 Å². The van der Waals surface area contributed by atoms with Gasteiger partial charge in [0.15, 0.2) is 0 Å². The largest absolute Gasteiger partial charge is 0.282 e. The molecule has 1 aromatic heterocycles. The smallest absolute Gasteiger partial charge is 0.132 e. The van der Waals surface area contributed by atoms with Crippen LogP contribution in [-0.2, 0) is 0 Å². The molecule has 1 aliphatic rings. The van der Waals surface area contributed by atoms with Crippen molar-refractivity contribution in [2.45, 2.75) is 25.7 Å². The first-order valence-electron chi connectivity index (χ1n) is 5.56. The Kier molecular flexibility index (Phi) is 2.06.